The monoisotopic (exact) mass is 266 g/mol. The van der Waals surface area contributed by atoms with E-state index in [1.165, 1.54) is 44.9 Å². The molecule has 1 amide bonds. The molecule has 3 nitrogen and oxygen atoms in total. The number of nitrogens with one attached hydrogen (secondary N) is 1. The number of nitrogens with zero attached hydrogens (tertiary/aromatic N) is 1. The van der Waals surface area contributed by atoms with Crippen molar-refractivity contribution in [3.05, 3.63) is 0 Å². The number of carbonyl (C=O) groups is 1. The minimum absolute atomic E-state index is 0.0580. The van der Waals surface area contributed by atoms with Gasteiger partial charge in [-0.15, -0.1) is 0 Å². The lowest BCUT2D eigenvalue weighted by molar-refractivity contribution is -0.136. The predicted molar refractivity (Wildman–Crippen MR) is 79.0 cm³/mol. The van der Waals surface area contributed by atoms with Gasteiger partial charge in [0.2, 0.25) is 5.91 Å². The van der Waals surface area contributed by atoms with Gasteiger partial charge in [0.05, 0.1) is 6.04 Å². The van der Waals surface area contributed by atoms with E-state index in [0.717, 1.165) is 12.5 Å². The predicted octanol–water partition coefficient (Wildman–Crippen LogP) is 2.80. The van der Waals surface area contributed by atoms with Crippen LogP contribution >= 0.6 is 0 Å². The molecule has 0 aromatic rings. The van der Waals surface area contributed by atoms with Crippen LogP contribution in [0.5, 0.6) is 0 Å². The van der Waals surface area contributed by atoms with Crippen molar-refractivity contribution in [1.29, 1.82) is 0 Å². The third-order valence-electron chi connectivity index (χ3n) is 5.32. The van der Waals surface area contributed by atoms with E-state index in [0.29, 0.717) is 17.9 Å². The lowest BCUT2D eigenvalue weighted by atomic mass is 9.83. The Bertz CT molecular complexity index is 297. The maximum Gasteiger partial charge on any atom is 0.239 e. The largest absolute Gasteiger partial charge is 0.341 e. The smallest absolute Gasteiger partial charge is 0.239 e. The van der Waals surface area contributed by atoms with Crippen LogP contribution in [0.2, 0.25) is 0 Å². The van der Waals surface area contributed by atoms with Crippen molar-refractivity contribution in [3.8, 4) is 0 Å². The average molecular weight is 266 g/mol. The van der Waals surface area contributed by atoms with E-state index >= 15 is 0 Å². The summed E-state index contributed by atoms with van der Waals surface area (Å²) in [6.07, 6.45) is 8.67. The van der Waals surface area contributed by atoms with Crippen LogP contribution in [0.3, 0.4) is 0 Å². The van der Waals surface area contributed by atoms with Gasteiger partial charge in [-0.05, 0) is 56.9 Å². The van der Waals surface area contributed by atoms with Gasteiger partial charge in [0.1, 0.15) is 0 Å². The maximum atomic E-state index is 12.6. The molecule has 2 aliphatic rings. The van der Waals surface area contributed by atoms with Gasteiger partial charge in [-0.2, -0.15) is 0 Å². The quantitative estimate of drug-likeness (QED) is 0.852. The molecule has 1 heterocycles. The summed E-state index contributed by atoms with van der Waals surface area (Å²) in [6, 6.07) is 0.536. The molecular weight excluding hydrogens is 236 g/mol. The summed E-state index contributed by atoms with van der Waals surface area (Å²) < 4.78 is 0. The van der Waals surface area contributed by atoms with Crippen LogP contribution in [0.4, 0.5) is 0 Å². The Labute approximate surface area is 118 Å². The number of hydrogen-bond donors (Lipinski definition) is 1. The van der Waals surface area contributed by atoms with E-state index in [9.17, 15) is 4.79 Å². The molecule has 1 aliphatic carbocycles. The van der Waals surface area contributed by atoms with E-state index in [1.54, 1.807) is 0 Å². The van der Waals surface area contributed by atoms with Crippen LogP contribution in [-0.4, -0.2) is 36.5 Å². The van der Waals surface area contributed by atoms with Crippen molar-refractivity contribution in [2.24, 2.45) is 11.8 Å². The molecule has 0 aromatic heterocycles. The average Bonchev–Trinajstić information content (AvgIpc) is 2.46. The number of rotatable bonds is 3. The van der Waals surface area contributed by atoms with Gasteiger partial charge in [-0.3, -0.25) is 4.79 Å². The van der Waals surface area contributed by atoms with Crippen molar-refractivity contribution in [2.45, 2.75) is 70.9 Å². The second kappa shape index (κ2) is 6.74. The molecule has 19 heavy (non-hydrogen) atoms. The summed E-state index contributed by atoms with van der Waals surface area (Å²) in [5, 5.41) is 3.42. The van der Waals surface area contributed by atoms with Crippen molar-refractivity contribution in [2.75, 3.05) is 13.6 Å². The molecule has 0 bridgehead atoms. The van der Waals surface area contributed by atoms with E-state index in [1.807, 2.05) is 11.9 Å². The molecule has 2 rings (SSSR count). The van der Waals surface area contributed by atoms with E-state index < -0.39 is 0 Å². The maximum absolute atomic E-state index is 12.6. The normalized spacial score (nSPS) is 35.9. The Kier molecular flexibility index (Phi) is 5.26. The summed E-state index contributed by atoms with van der Waals surface area (Å²) in [6.45, 7) is 5.49. The van der Waals surface area contributed by atoms with Crippen LogP contribution in [0.25, 0.3) is 0 Å². The molecule has 1 aliphatic heterocycles. The van der Waals surface area contributed by atoms with Gasteiger partial charge in [0, 0.05) is 13.1 Å². The van der Waals surface area contributed by atoms with E-state index in [4.69, 9.17) is 0 Å². The molecule has 1 N–H and O–H groups in total. The molecule has 110 valence electrons. The molecule has 3 heteroatoms. The number of carbonyl (C=O) groups excluding carboxylic acids is 1. The van der Waals surface area contributed by atoms with Gasteiger partial charge >= 0.3 is 0 Å². The van der Waals surface area contributed by atoms with Gasteiger partial charge in [-0.1, -0.05) is 20.3 Å². The summed E-state index contributed by atoms with van der Waals surface area (Å²) in [5.74, 6) is 1.70. The first-order valence-electron chi connectivity index (χ1n) is 8.13. The topological polar surface area (TPSA) is 32.3 Å². The number of amides is 1. The van der Waals surface area contributed by atoms with Crippen molar-refractivity contribution < 1.29 is 4.79 Å². The highest BCUT2D eigenvalue weighted by molar-refractivity contribution is 5.82. The number of hydrogen-bond acceptors (Lipinski definition) is 2. The lowest BCUT2D eigenvalue weighted by Gasteiger charge is -2.38. The van der Waals surface area contributed by atoms with Crippen molar-refractivity contribution in [1.82, 2.24) is 10.2 Å². The summed E-state index contributed by atoms with van der Waals surface area (Å²) in [5.41, 5.74) is 0. The van der Waals surface area contributed by atoms with Gasteiger partial charge < -0.3 is 10.2 Å². The number of likely N-dealkylation sites (N-methyl/N-ethyl adjacent to an activating group) is 1. The second-order valence-corrected chi connectivity index (χ2v) is 6.58. The van der Waals surface area contributed by atoms with E-state index in [2.05, 4.69) is 19.2 Å². The third-order valence-corrected chi connectivity index (χ3v) is 5.32. The van der Waals surface area contributed by atoms with Crippen LogP contribution in [0.15, 0.2) is 0 Å². The highest BCUT2D eigenvalue weighted by atomic mass is 16.2. The zero-order chi connectivity index (χ0) is 13.8. The minimum Gasteiger partial charge on any atom is -0.341 e. The Morgan fingerprint density at radius 1 is 1.21 bits per heavy atom. The summed E-state index contributed by atoms with van der Waals surface area (Å²) in [7, 11) is 2.02. The zero-order valence-electron chi connectivity index (χ0n) is 12.8. The first-order valence-corrected chi connectivity index (χ1v) is 8.13. The molecule has 2 fully saturated rings. The SMILES string of the molecule is CCC1CCC(N(C)C(=O)C2NCCCC2C)CC1. The van der Waals surface area contributed by atoms with Crippen LogP contribution < -0.4 is 5.32 Å². The van der Waals surface area contributed by atoms with E-state index in [-0.39, 0.29) is 6.04 Å². The molecule has 1 saturated heterocycles. The Hall–Kier alpha value is -0.570. The third kappa shape index (κ3) is 3.50. The van der Waals surface area contributed by atoms with Crippen LogP contribution in [-0.2, 0) is 4.79 Å². The van der Waals surface area contributed by atoms with Gasteiger partial charge in [0.25, 0.3) is 0 Å². The highest BCUT2D eigenvalue weighted by Gasteiger charge is 2.33. The Balaban J connectivity index is 1.88. The Morgan fingerprint density at radius 3 is 2.47 bits per heavy atom. The van der Waals surface area contributed by atoms with Crippen molar-refractivity contribution >= 4 is 5.91 Å². The van der Waals surface area contributed by atoms with Crippen molar-refractivity contribution in [3.63, 3.8) is 0 Å². The second-order valence-electron chi connectivity index (χ2n) is 6.58. The number of piperidine rings is 1. The first-order chi connectivity index (χ1) is 9.13. The lowest BCUT2D eigenvalue weighted by Crippen LogP contribution is -2.54. The zero-order valence-corrected chi connectivity index (χ0v) is 12.8. The van der Waals surface area contributed by atoms with Crippen LogP contribution in [0.1, 0.15) is 58.8 Å². The molecular formula is C16H30N2O. The minimum atomic E-state index is 0.0580. The molecule has 1 saturated carbocycles. The molecule has 0 spiro atoms. The highest BCUT2D eigenvalue weighted by Crippen LogP contribution is 2.29. The van der Waals surface area contributed by atoms with Gasteiger partial charge in [-0.25, -0.2) is 0 Å². The fraction of sp³-hybridized carbons (Fsp3) is 0.938. The molecule has 0 radical (unpaired) electrons. The fourth-order valence-electron chi connectivity index (χ4n) is 3.72. The summed E-state index contributed by atoms with van der Waals surface area (Å²) >= 11 is 0. The standard InChI is InChI=1S/C16H30N2O/c1-4-13-7-9-14(10-8-13)18(3)16(19)15-12(2)6-5-11-17-15/h12-15,17H,4-11H2,1-3H3. The summed E-state index contributed by atoms with van der Waals surface area (Å²) in [4.78, 5) is 14.7. The molecule has 0 aromatic carbocycles. The Morgan fingerprint density at radius 2 is 1.89 bits per heavy atom. The van der Waals surface area contributed by atoms with Gasteiger partial charge in [0.15, 0.2) is 0 Å². The molecule has 2 unspecified atom stereocenters. The molecule has 2 atom stereocenters. The fourth-order valence-corrected chi connectivity index (χ4v) is 3.72. The first kappa shape index (κ1) is 14.8. The van der Waals surface area contributed by atoms with Crippen LogP contribution in [0, 0.1) is 11.8 Å².